The van der Waals surface area contributed by atoms with E-state index in [0.29, 0.717) is 0 Å². The highest BCUT2D eigenvalue weighted by Gasteiger charge is 2.04. The molecular weight excluding hydrogens is 189 g/mol. The van der Waals surface area contributed by atoms with Crippen molar-refractivity contribution in [3.63, 3.8) is 0 Å². The topological polar surface area (TPSA) is 15.8 Å². The van der Waals surface area contributed by atoms with E-state index in [1.807, 2.05) is 19.1 Å². The lowest BCUT2D eigenvalue weighted by Crippen LogP contribution is -1.72. The lowest BCUT2D eigenvalue weighted by atomic mass is 10.1. The van der Waals surface area contributed by atoms with E-state index in [1.54, 1.807) is 12.1 Å². The Bertz CT molecular complexity index is 652. The average Bonchev–Trinajstić information content (AvgIpc) is 2.54. The summed E-state index contributed by atoms with van der Waals surface area (Å²) in [7, 11) is 0. The van der Waals surface area contributed by atoms with Crippen LogP contribution in [0.15, 0.2) is 36.4 Å². The molecule has 0 spiro atoms. The maximum Gasteiger partial charge on any atom is 0.123 e. The minimum absolute atomic E-state index is 0.191. The van der Waals surface area contributed by atoms with Crippen LogP contribution in [0, 0.1) is 12.7 Å². The first-order chi connectivity index (χ1) is 7.24. The van der Waals surface area contributed by atoms with Crippen molar-refractivity contribution in [2.24, 2.45) is 0 Å². The van der Waals surface area contributed by atoms with Crippen LogP contribution in [0.4, 0.5) is 4.39 Å². The molecule has 1 nitrogen and oxygen atoms in total. The normalized spacial score (nSPS) is 11.3. The number of hydrogen-bond donors (Lipinski definition) is 1. The number of benzene rings is 2. The molecule has 0 amide bonds. The first-order valence-electron chi connectivity index (χ1n) is 4.92. The standard InChI is InChI=1S/C13H10FN/c1-8-2-4-10-11-7-9(14)3-5-12(11)15-13(10)6-8/h2-7,15H,1H3. The SMILES string of the molecule is Cc1ccc2c(c1)[nH]c1ccc(F)cc12. The number of halogens is 1. The van der Waals surface area contributed by atoms with Crippen LogP contribution < -0.4 is 0 Å². The number of aromatic nitrogens is 1. The quantitative estimate of drug-likeness (QED) is 0.567. The molecule has 0 aliphatic rings. The average molecular weight is 199 g/mol. The molecule has 1 N–H and O–H groups in total. The second kappa shape index (κ2) is 2.83. The van der Waals surface area contributed by atoms with Gasteiger partial charge in [0.05, 0.1) is 0 Å². The Kier molecular flexibility index (Phi) is 1.60. The first-order valence-corrected chi connectivity index (χ1v) is 4.92. The van der Waals surface area contributed by atoms with Gasteiger partial charge in [-0.15, -0.1) is 0 Å². The molecule has 0 aliphatic heterocycles. The maximum atomic E-state index is 13.1. The van der Waals surface area contributed by atoms with Gasteiger partial charge in [-0.3, -0.25) is 0 Å². The Balaban J connectivity index is 2.53. The van der Waals surface area contributed by atoms with E-state index in [4.69, 9.17) is 0 Å². The van der Waals surface area contributed by atoms with Crippen molar-refractivity contribution in [1.82, 2.24) is 4.98 Å². The summed E-state index contributed by atoms with van der Waals surface area (Å²) in [5.74, 6) is -0.191. The number of fused-ring (bicyclic) bond motifs is 3. The van der Waals surface area contributed by atoms with Crippen LogP contribution >= 0.6 is 0 Å². The van der Waals surface area contributed by atoms with Gasteiger partial charge in [-0.2, -0.15) is 0 Å². The predicted octanol–water partition coefficient (Wildman–Crippen LogP) is 3.77. The number of hydrogen-bond acceptors (Lipinski definition) is 0. The first kappa shape index (κ1) is 8.48. The highest BCUT2D eigenvalue weighted by Crippen LogP contribution is 2.26. The van der Waals surface area contributed by atoms with E-state index < -0.39 is 0 Å². The zero-order valence-corrected chi connectivity index (χ0v) is 8.34. The smallest absolute Gasteiger partial charge is 0.123 e. The third-order valence-corrected chi connectivity index (χ3v) is 2.72. The Labute approximate surface area is 86.5 Å². The summed E-state index contributed by atoms with van der Waals surface area (Å²) >= 11 is 0. The molecule has 15 heavy (non-hydrogen) atoms. The van der Waals surface area contributed by atoms with Crippen molar-refractivity contribution in [2.45, 2.75) is 6.92 Å². The maximum absolute atomic E-state index is 13.1. The van der Waals surface area contributed by atoms with E-state index in [9.17, 15) is 4.39 Å². The predicted molar refractivity (Wildman–Crippen MR) is 60.5 cm³/mol. The largest absolute Gasteiger partial charge is 0.354 e. The van der Waals surface area contributed by atoms with Gasteiger partial charge in [0.1, 0.15) is 5.82 Å². The molecule has 2 aromatic carbocycles. The van der Waals surface area contributed by atoms with Crippen molar-refractivity contribution in [1.29, 1.82) is 0 Å². The summed E-state index contributed by atoms with van der Waals surface area (Å²) in [5, 5.41) is 2.03. The second-order valence-electron chi connectivity index (χ2n) is 3.86. The number of nitrogens with one attached hydrogen (secondary N) is 1. The van der Waals surface area contributed by atoms with E-state index >= 15 is 0 Å². The second-order valence-corrected chi connectivity index (χ2v) is 3.86. The van der Waals surface area contributed by atoms with E-state index in [1.165, 1.54) is 11.6 Å². The molecule has 0 unspecified atom stereocenters. The van der Waals surface area contributed by atoms with Crippen LogP contribution in [0.1, 0.15) is 5.56 Å². The number of rotatable bonds is 0. The zero-order valence-electron chi connectivity index (χ0n) is 8.34. The molecule has 1 aromatic heterocycles. The van der Waals surface area contributed by atoms with Crippen LogP contribution in [0.25, 0.3) is 21.8 Å². The molecule has 3 aromatic rings. The van der Waals surface area contributed by atoms with Crippen molar-refractivity contribution in [3.8, 4) is 0 Å². The fourth-order valence-corrected chi connectivity index (χ4v) is 1.99. The Morgan fingerprint density at radius 3 is 2.67 bits per heavy atom. The van der Waals surface area contributed by atoms with Crippen molar-refractivity contribution >= 4 is 21.8 Å². The Morgan fingerprint density at radius 2 is 1.80 bits per heavy atom. The summed E-state index contributed by atoms with van der Waals surface area (Å²) in [6.07, 6.45) is 0. The summed E-state index contributed by atoms with van der Waals surface area (Å²) < 4.78 is 13.1. The van der Waals surface area contributed by atoms with E-state index in [-0.39, 0.29) is 5.82 Å². The van der Waals surface area contributed by atoms with Crippen molar-refractivity contribution in [3.05, 3.63) is 47.8 Å². The molecular formula is C13H10FN. The Morgan fingerprint density at radius 1 is 0.933 bits per heavy atom. The number of aryl methyl sites for hydroxylation is 1. The molecule has 74 valence electrons. The van der Waals surface area contributed by atoms with Crippen molar-refractivity contribution in [2.75, 3.05) is 0 Å². The van der Waals surface area contributed by atoms with Gasteiger partial charge in [0, 0.05) is 21.8 Å². The fourth-order valence-electron chi connectivity index (χ4n) is 1.99. The summed E-state index contributed by atoms with van der Waals surface area (Å²) in [6.45, 7) is 2.05. The molecule has 3 rings (SSSR count). The molecule has 0 aliphatic carbocycles. The van der Waals surface area contributed by atoms with Gasteiger partial charge < -0.3 is 4.98 Å². The van der Waals surface area contributed by atoms with E-state index in [2.05, 4.69) is 11.1 Å². The minimum atomic E-state index is -0.191. The molecule has 0 saturated heterocycles. The van der Waals surface area contributed by atoms with Gasteiger partial charge in [0.25, 0.3) is 0 Å². The molecule has 1 heterocycles. The molecule has 0 atom stereocenters. The minimum Gasteiger partial charge on any atom is -0.354 e. The van der Waals surface area contributed by atoms with Gasteiger partial charge >= 0.3 is 0 Å². The number of H-pyrrole nitrogens is 1. The number of aromatic amines is 1. The highest BCUT2D eigenvalue weighted by molar-refractivity contribution is 6.07. The third kappa shape index (κ3) is 1.22. The van der Waals surface area contributed by atoms with Gasteiger partial charge in [-0.1, -0.05) is 12.1 Å². The molecule has 0 bridgehead atoms. The Hall–Kier alpha value is -1.83. The van der Waals surface area contributed by atoms with Gasteiger partial charge in [0.15, 0.2) is 0 Å². The summed E-state index contributed by atoms with van der Waals surface area (Å²) in [5.41, 5.74) is 3.25. The van der Waals surface area contributed by atoms with Gasteiger partial charge in [-0.25, -0.2) is 4.39 Å². The molecule has 2 heteroatoms. The summed E-state index contributed by atoms with van der Waals surface area (Å²) in [4.78, 5) is 3.28. The molecule has 0 radical (unpaired) electrons. The van der Waals surface area contributed by atoms with Crippen LogP contribution in [-0.2, 0) is 0 Å². The molecule has 0 saturated carbocycles. The van der Waals surface area contributed by atoms with Gasteiger partial charge in [-0.05, 0) is 36.8 Å². The molecule has 0 fully saturated rings. The highest BCUT2D eigenvalue weighted by atomic mass is 19.1. The van der Waals surface area contributed by atoms with Crippen molar-refractivity contribution < 1.29 is 4.39 Å². The van der Waals surface area contributed by atoms with E-state index in [0.717, 1.165) is 21.8 Å². The summed E-state index contributed by atoms with van der Waals surface area (Å²) in [6, 6.07) is 11.0. The lowest BCUT2D eigenvalue weighted by Gasteiger charge is -1.92. The van der Waals surface area contributed by atoms with Crippen LogP contribution in [0.5, 0.6) is 0 Å². The van der Waals surface area contributed by atoms with Crippen LogP contribution in [0.2, 0.25) is 0 Å². The van der Waals surface area contributed by atoms with Crippen LogP contribution in [-0.4, -0.2) is 4.98 Å². The van der Waals surface area contributed by atoms with Gasteiger partial charge in [0.2, 0.25) is 0 Å². The fraction of sp³-hybridized carbons (Fsp3) is 0.0769. The monoisotopic (exact) mass is 199 g/mol. The lowest BCUT2D eigenvalue weighted by molar-refractivity contribution is 0.630. The zero-order chi connectivity index (χ0) is 10.4. The van der Waals surface area contributed by atoms with Crippen LogP contribution in [0.3, 0.4) is 0 Å². The third-order valence-electron chi connectivity index (χ3n) is 2.72.